The summed E-state index contributed by atoms with van der Waals surface area (Å²) >= 11 is 5.89. The molecule has 4 rings (SSSR count). The van der Waals surface area contributed by atoms with Crippen LogP contribution in [0.3, 0.4) is 0 Å². The van der Waals surface area contributed by atoms with Gasteiger partial charge in [0.15, 0.2) is 0 Å². The SMILES string of the molecule is O=C(O)CCC/C=C(\c1cccnc1)c1ccc2c(c1)CCC(NS(=O)(=O)c1ccc(Cl)cc1)C2. The van der Waals surface area contributed by atoms with E-state index in [1.54, 1.807) is 18.3 Å². The Morgan fingerprint density at radius 2 is 1.91 bits per heavy atom. The third-order valence-corrected chi connectivity index (χ3v) is 7.90. The summed E-state index contributed by atoms with van der Waals surface area (Å²) in [5, 5.41) is 9.43. The summed E-state index contributed by atoms with van der Waals surface area (Å²) in [6.07, 6.45) is 9.05. The van der Waals surface area contributed by atoms with Gasteiger partial charge in [0.1, 0.15) is 0 Å². The van der Waals surface area contributed by atoms with Gasteiger partial charge in [-0.05, 0) is 84.7 Å². The molecule has 1 aliphatic carbocycles. The maximum absolute atomic E-state index is 12.8. The first-order valence-electron chi connectivity index (χ1n) is 11.5. The van der Waals surface area contributed by atoms with Crippen molar-refractivity contribution in [1.82, 2.24) is 9.71 Å². The molecule has 182 valence electrons. The van der Waals surface area contributed by atoms with Crippen molar-refractivity contribution in [3.63, 3.8) is 0 Å². The number of hydrogen-bond acceptors (Lipinski definition) is 4. The lowest BCUT2D eigenvalue weighted by molar-refractivity contribution is -0.137. The number of halogens is 1. The second-order valence-corrected chi connectivity index (χ2v) is 10.8. The third-order valence-electron chi connectivity index (χ3n) is 6.11. The Kier molecular flexibility index (Phi) is 8.00. The number of benzene rings is 2. The molecular formula is C27H27ClN2O4S. The standard InChI is InChI=1S/C27H27ClN2O4S/c28-23-10-13-25(14-11-23)35(33,34)30-24-12-9-19-16-21(8-7-20(19)17-24)26(5-1-2-6-27(31)32)22-4-3-15-29-18-22/h3-5,7-8,10-11,13-16,18,24,30H,1-2,6,9,12,17H2,(H,31,32)/b26-5-. The number of allylic oxidation sites excluding steroid dienone is 1. The molecule has 0 aliphatic heterocycles. The van der Waals surface area contributed by atoms with Crippen molar-refractivity contribution in [2.24, 2.45) is 0 Å². The van der Waals surface area contributed by atoms with Crippen LogP contribution in [0.15, 0.2) is 78.0 Å². The normalized spacial score (nSPS) is 16.0. The van der Waals surface area contributed by atoms with Gasteiger partial charge in [0.2, 0.25) is 10.0 Å². The molecule has 6 nitrogen and oxygen atoms in total. The Labute approximate surface area is 210 Å². The molecule has 1 aliphatic rings. The van der Waals surface area contributed by atoms with Gasteiger partial charge in [-0.25, -0.2) is 13.1 Å². The van der Waals surface area contributed by atoms with E-state index in [2.05, 4.69) is 27.9 Å². The highest BCUT2D eigenvalue weighted by molar-refractivity contribution is 7.89. The minimum atomic E-state index is -3.62. The van der Waals surface area contributed by atoms with E-state index in [1.807, 2.05) is 24.4 Å². The molecule has 1 atom stereocenters. The number of fused-ring (bicyclic) bond motifs is 1. The summed E-state index contributed by atoms with van der Waals surface area (Å²) in [4.78, 5) is 15.3. The molecule has 0 amide bonds. The number of hydrogen-bond donors (Lipinski definition) is 2. The van der Waals surface area contributed by atoms with Crippen LogP contribution in [0.4, 0.5) is 0 Å². The maximum Gasteiger partial charge on any atom is 0.303 e. The highest BCUT2D eigenvalue weighted by atomic mass is 35.5. The first-order chi connectivity index (χ1) is 16.8. The fourth-order valence-electron chi connectivity index (χ4n) is 4.35. The second kappa shape index (κ2) is 11.2. The van der Waals surface area contributed by atoms with E-state index in [-0.39, 0.29) is 17.4 Å². The number of aryl methyl sites for hydroxylation is 1. The highest BCUT2D eigenvalue weighted by Crippen LogP contribution is 2.30. The van der Waals surface area contributed by atoms with E-state index < -0.39 is 16.0 Å². The Hall–Kier alpha value is -3.00. The van der Waals surface area contributed by atoms with Crippen molar-refractivity contribution >= 4 is 33.2 Å². The van der Waals surface area contributed by atoms with E-state index in [4.69, 9.17) is 16.7 Å². The average molecular weight is 511 g/mol. The summed E-state index contributed by atoms with van der Waals surface area (Å²) in [7, 11) is -3.62. The van der Waals surface area contributed by atoms with E-state index in [0.29, 0.717) is 30.7 Å². The monoisotopic (exact) mass is 510 g/mol. The zero-order chi connectivity index (χ0) is 24.8. The topological polar surface area (TPSA) is 96.4 Å². The van der Waals surface area contributed by atoms with Crippen LogP contribution in [0.2, 0.25) is 5.02 Å². The molecule has 1 unspecified atom stereocenters. The minimum absolute atomic E-state index is 0.133. The number of aromatic nitrogens is 1. The molecule has 35 heavy (non-hydrogen) atoms. The van der Waals surface area contributed by atoms with E-state index in [9.17, 15) is 13.2 Å². The minimum Gasteiger partial charge on any atom is -0.481 e. The van der Waals surface area contributed by atoms with Crippen LogP contribution in [0.25, 0.3) is 5.57 Å². The molecule has 1 heterocycles. The van der Waals surface area contributed by atoms with Gasteiger partial charge < -0.3 is 5.11 Å². The van der Waals surface area contributed by atoms with Crippen molar-refractivity contribution in [2.75, 3.05) is 0 Å². The molecular weight excluding hydrogens is 484 g/mol. The zero-order valence-corrected chi connectivity index (χ0v) is 20.7. The number of carboxylic acid groups (broad SMARTS) is 1. The number of nitrogens with one attached hydrogen (secondary N) is 1. The highest BCUT2D eigenvalue weighted by Gasteiger charge is 2.25. The number of pyridine rings is 1. The van der Waals surface area contributed by atoms with Crippen molar-refractivity contribution in [2.45, 2.75) is 49.5 Å². The molecule has 0 fully saturated rings. The molecule has 0 spiro atoms. The summed E-state index contributed by atoms with van der Waals surface area (Å²) < 4.78 is 28.4. The molecule has 0 saturated heterocycles. The number of sulfonamides is 1. The fraction of sp³-hybridized carbons (Fsp3) is 0.259. The van der Waals surface area contributed by atoms with Gasteiger partial charge in [-0.1, -0.05) is 41.9 Å². The largest absolute Gasteiger partial charge is 0.481 e. The van der Waals surface area contributed by atoms with Gasteiger partial charge >= 0.3 is 5.97 Å². The van der Waals surface area contributed by atoms with E-state index >= 15 is 0 Å². The maximum atomic E-state index is 12.8. The molecule has 0 bridgehead atoms. The van der Waals surface area contributed by atoms with Crippen LogP contribution in [0.1, 0.15) is 47.9 Å². The first-order valence-corrected chi connectivity index (χ1v) is 13.4. The number of nitrogens with zero attached hydrogens (tertiary/aromatic N) is 1. The molecule has 8 heteroatoms. The van der Waals surface area contributed by atoms with Crippen molar-refractivity contribution in [3.8, 4) is 0 Å². The van der Waals surface area contributed by atoms with E-state index in [0.717, 1.165) is 28.7 Å². The van der Waals surface area contributed by atoms with Crippen molar-refractivity contribution < 1.29 is 18.3 Å². The fourth-order valence-corrected chi connectivity index (χ4v) is 5.74. The zero-order valence-electron chi connectivity index (χ0n) is 19.2. The van der Waals surface area contributed by atoms with Gasteiger partial charge in [-0.3, -0.25) is 9.78 Å². The van der Waals surface area contributed by atoms with Crippen molar-refractivity contribution in [3.05, 3.63) is 100 Å². The lowest BCUT2D eigenvalue weighted by Gasteiger charge is -2.26. The molecule has 2 N–H and O–H groups in total. The summed E-state index contributed by atoms with van der Waals surface area (Å²) in [5.41, 5.74) is 5.38. The Morgan fingerprint density at radius 1 is 1.11 bits per heavy atom. The number of rotatable bonds is 9. The summed E-state index contributed by atoms with van der Waals surface area (Å²) in [5.74, 6) is -0.795. The van der Waals surface area contributed by atoms with Crippen LogP contribution in [0, 0.1) is 0 Å². The van der Waals surface area contributed by atoms with Gasteiger partial charge in [-0.15, -0.1) is 0 Å². The number of aliphatic carboxylic acids is 1. The smallest absolute Gasteiger partial charge is 0.303 e. The number of carbonyl (C=O) groups is 1. The van der Waals surface area contributed by atoms with Gasteiger partial charge in [0, 0.05) is 35.4 Å². The van der Waals surface area contributed by atoms with Crippen LogP contribution in [-0.2, 0) is 27.7 Å². The number of carboxylic acids is 1. The van der Waals surface area contributed by atoms with E-state index in [1.165, 1.54) is 17.7 Å². The second-order valence-electron chi connectivity index (χ2n) is 8.64. The van der Waals surface area contributed by atoms with Crippen LogP contribution in [-0.4, -0.2) is 30.5 Å². The molecule has 0 saturated carbocycles. The number of unbranched alkanes of at least 4 members (excludes halogenated alkanes) is 1. The van der Waals surface area contributed by atoms with Crippen LogP contribution >= 0.6 is 11.6 Å². The summed E-state index contributed by atoms with van der Waals surface area (Å²) in [6, 6.07) is 16.1. The Bertz CT molecular complexity index is 1320. The van der Waals surface area contributed by atoms with Gasteiger partial charge in [0.05, 0.1) is 4.90 Å². The van der Waals surface area contributed by atoms with Crippen LogP contribution in [0.5, 0.6) is 0 Å². The van der Waals surface area contributed by atoms with Gasteiger partial charge in [-0.2, -0.15) is 0 Å². The lowest BCUT2D eigenvalue weighted by atomic mass is 9.85. The molecule has 2 aromatic carbocycles. The molecule has 3 aromatic rings. The van der Waals surface area contributed by atoms with Crippen molar-refractivity contribution in [1.29, 1.82) is 0 Å². The predicted molar refractivity (Wildman–Crippen MR) is 137 cm³/mol. The third kappa shape index (κ3) is 6.57. The van der Waals surface area contributed by atoms with Crippen LogP contribution < -0.4 is 4.72 Å². The molecule has 0 radical (unpaired) electrons. The van der Waals surface area contributed by atoms with Gasteiger partial charge in [0.25, 0.3) is 0 Å². The predicted octanol–water partition coefficient (Wildman–Crippen LogP) is 5.26. The summed E-state index contributed by atoms with van der Waals surface area (Å²) in [6.45, 7) is 0. The Morgan fingerprint density at radius 3 is 2.63 bits per heavy atom. The quantitative estimate of drug-likeness (QED) is 0.383. The lowest BCUT2D eigenvalue weighted by Crippen LogP contribution is -2.38. The average Bonchev–Trinajstić information content (AvgIpc) is 2.84. The first kappa shape index (κ1) is 25.1. The molecule has 1 aromatic heterocycles. The Balaban J connectivity index is 1.52.